The van der Waals surface area contributed by atoms with E-state index in [2.05, 4.69) is 16.0 Å². The van der Waals surface area contributed by atoms with E-state index in [9.17, 15) is 14.9 Å². The van der Waals surface area contributed by atoms with Crippen molar-refractivity contribution in [1.82, 2.24) is 4.57 Å². The molecule has 1 aliphatic rings. The lowest BCUT2D eigenvalue weighted by molar-refractivity contribution is -0.910. The monoisotopic (exact) mass is 363 g/mol. The van der Waals surface area contributed by atoms with E-state index < -0.39 is 4.92 Å². The molecule has 132 valence electrons. The third-order valence-corrected chi connectivity index (χ3v) is 4.88. The lowest BCUT2D eigenvalue weighted by Gasteiger charge is -2.21. The average Bonchev–Trinajstić information content (AvgIpc) is 3.15. The van der Waals surface area contributed by atoms with Gasteiger partial charge in [-0.25, -0.2) is 0 Å². The van der Waals surface area contributed by atoms with Gasteiger partial charge < -0.3 is 14.8 Å². The van der Waals surface area contributed by atoms with Gasteiger partial charge in [-0.05, 0) is 24.3 Å². The fraction of sp³-hybridized carbons (Fsp3) is 0.353. The van der Waals surface area contributed by atoms with E-state index in [0.717, 1.165) is 19.4 Å². The second kappa shape index (κ2) is 7.25. The standard InChI is InChI=1S/C17H19ClN4O3/c1-20-8-2-4-15(20)16-5-3-9-21(16)11-17(23)19-13-10-12(18)6-7-14(13)22(24)25/h2,4,6-8,10,16H,3,5,9,11H2,1H3,(H,19,23)/p+1/t16-/m0/s1. The lowest BCUT2D eigenvalue weighted by atomic mass is 10.1. The summed E-state index contributed by atoms with van der Waals surface area (Å²) in [7, 11) is 2.00. The zero-order valence-corrected chi connectivity index (χ0v) is 14.6. The number of amides is 1. The zero-order chi connectivity index (χ0) is 18.0. The second-order valence-electron chi connectivity index (χ2n) is 6.29. The van der Waals surface area contributed by atoms with Crippen molar-refractivity contribution in [3.63, 3.8) is 0 Å². The molecule has 25 heavy (non-hydrogen) atoms. The number of aromatic nitrogens is 1. The molecule has 1 amide bonds. The van der Waals surface area contributed by atoms with Crippen molar-refractivity contribution in [2.45, 2.75) is 18.9 Å². The molecule has 2 aromatic rings. The van der Waals surface area contributed by atoms with Gasteiger partial charge in [-0.15, -0.1) is 0 Å². The van der Waals surface area contributed by atoms with Crippen LogP contribution in [0, 0.1) is 10.1 Å². The molecule has 8 heteroatoms. The molecule has 0 aliphatic carbocycles. The Kier molecular flexibility index (Phi) is 5.06. The van der Waals surface area contributed by atoms with Gasteiger partial charge in [0.1, 0.15) is 11.7 Å². The predicted octanol–water partition coefficient (Wildman–Crippen LogP) is 1.95. The summed E-state index contributed by atoms with van der Waals surface area (Å²) >= 11 is 5.90. The smallest absolute Gasteiger partial charge is 0.292 e. The van der Waals surface area contributed by atoms with Crippen LogP contribution in [-0.4, -0.2) is 28.5 Å². The third-order valence-electron chi connectivity index (χ3n) is 4.64. The first-order valence-electron chi connectivity index (χ1n) is 8.15. The fourth-order valence-electron chi connectivity index (χ4n) is 3.48. The maximum absolute atomic E-state index is 12.5. The van der Waals surface area contributed by atoms with Crippen LogP contribution in [0.5, 0.6) is 0 Å². The number of aryl methyl sites for hydroxylation is 1. The van der Waals surface area contributed by atoms with Gasteiger partial charge in [-0.1, -0.05) is 11.6 Å². The van der Waals surface area contributed by atoms with Gasteiger partial charge >= 0.3 is 0 Å². The molecule has 1 saturated heterocycles. The van der Waals surface area contributed by atoms with Crippen LogP contribution in [-0.2, 0) is 11.8 Å². The van der Waals surface area contributed by atoms with Crippen molar-refractivity contribution in [2.24, 2.45) is 7.05 Å². The van der Waals surface area contributed by atoms with E-state index in [-0.39, 0.29) is 29.9 Å². The summed E-state index contributed by atoms with van der Waals surface area (Å²) in [6, 6.07) is 8.49. The molecule has 2 N–H and O–H groups in total. The highest BCUT2D eigenvalue weighted by Gasteiger charge is 2.33. The molecule has 0 bridgehead atoms. The average molecular weight is 364 g/mol. The minimum atomic E-state index is -0.526. The Balaban J connectivity index is 1.72. The number of hydrogen-bond acceptors (Lipinski definition) is 3. The highest BCUT2D eigenvalue weighted by Crippen LogP contribution is 2.27. The Labute approximate surface area is 150 Å². The van der Waals surface area contributed by atoms with Crippen molar-refractivity contribution < 1.29 is 14.6 Å². The van der Waals surface area contributed by atoms with Gasteiger partial charge in [-0.3, -0.25) is 14.9 Å². The van der Waals surface area contributed by atoms with Gasteiger partial charge in [0.25, 0.3) is 11.6 Å². The summed E-state index contributed by atoms with van der Waals surface area (Å²) in [6.45, 7) is 1.17. The Hall–Kier alpha value is -2.38. The molecule has 1 unspecified atom stereocenters. The number of rotatable bonds is 5. The number of nitrogens with zero attached hydrogens (tertiary/aromatic N) is 2. The van der Waals surface area contributed by atoms with Crippen LogP contribution in [0.1, 0.15) is 24.6 Å². The van der Waals surface area contributed by atoms with Gasteiger partial charge in [0, 0.05) is 37.2 Å². The van der Waals surface area contributed by atoms with Crippen LogP contribution in [0.3, 0.4) is 0 Å². The van der Waals surface area contributed by atoms with Crippen LogP contribution in [0.25, 0.3) is 0 Å². The Bertz CT molecular complexity index is 805. The fourth-order valence-corrected chi connectivity index (χ4v) is 3.66. The topological polar surface area (TPSA) is 81.6 Å². The Morgan fingerprint density at radius 3 is 2.96 bits per heavy atom. The number of nitrogens with one attached hydrogen (secondary N) is 2. The molecule has 0 spiro atoms. The highest BCUT2D eigenvalue weighted by molar-refractivity contribution is 6.31. The molecule has 2 heterocycles. The summed E-state index contributed by atoms with van der Waals surface area (Å²) in [5.41, 5.74) is 1.18. The lowest BCUT2D eigenvalue weighted by Crippen LogP contribution is -3.11. The van der Waals surface area contributed by atoms with Crippen LogP contribution >= 0.6 is 11.6 Å². The van der Waals surface area contributed by atoms with Crippen LogP contribution in [0.2, 0.25) is 5.02 Å². The van der Waals surface area contributed by atoms with Crippen molar-refractivity contribution in [1.29, 1.82) is 0 Å². The first-order valence-corrected chi connectivity index (χ1v) is 8.53. The number of carbonyl (C=O) groups excluding carboxylic acids is 1. The molecule has 1 fully saturated rings. The molecule has 7 nitrogen and oxygen atoms in total. The normalized spacial score (nSPS) is 19.8. The number of hydrogen-bond donors (Lipinski definition) is 2. The highest BCUT2D eigenvalue weighted by atomic mass is 35.5. The Morgan fingerprint density at radius 1 is 1.48 bits per heavy atom. The van der Waals surface area contributed by atoms with E-state index >= 15 is 0 Å². The summed E-state index contributed by atoms with van der Waals surface area (Å²) in [5, 5.41) is 14.1. The van der Waals surface area contributed by atoms with E-state index in [1.165, 1.54) is 28.8 Å². The molecular weight excluding hydrogens is 344 g/mol. The minimum absolute atomic E-state index is 0.136. The zero-order valence-electron chi connectivity index (χ0n) is 13.9. The van der Waals surface area contributed by atoms with Crippen LogP contribution < -0.4 is 10.2 Å². The van der Waals surface area contributed by atoms with Crippen molar-refractivity contribution in [3.05, 3.63) is 57.4 Å². The van der Waals surface area contributed by atoms with E-state index in [1.807, 2.05) is 19.3 Å². The number of carbonyl (C=O) groups is 1. The Morgan fingerprint density at radius 2 is 2.28 bits per heavy atom. The SMILES string of the molecule is Cn1cccc1[C@@H]1CCC[NH+]1CC(=O)Nc1cc(Cl)ccc1[N+](=O)[O-]. The summed E-state index contributed by atoms with van der Waals surface area (Å²) in [4.78, 5) is 24.2. The van der Waals surface area contributed by atoms with Crippen LogP contribution in [0.15, 0.2) is 36.5 Å². The molecule has 1 aliphatic heterocycles. The number of nitro benzene ring substituents is 1. The number of likely N-dealkylation sites (tertiary alicyclic amines) is 1. The van der Waals surface area contributed by atoms with Gasteiger partial charge in [-0.2, -0.15) is 0 Å². The summed E-state index contributed by atoms with van der Waals surface area (Å²) < 4.78 is 2.08. The third kappa shape index (κ3) is 3.83. The summed E-state index contributed by atoms with van der Waals surface area (Å²) in [6.07, 6.45) is 4.08. The van der Waals surface area contributed by atoms with E-state index in [1.54, 1.807) is 0 Å². The van der Waals surface area contributed by atoms with Crippen molar-refractivity contribution in [2.75, 3.05) is 18.4 Å². The number of nitro groups is 1. The molecular formula is C17H20ClN4O3+. The first kappa shape index (κ1) is 17.4. The number of benzene rings is 1. The number of anilines is 1. The quantitative estimate of drug-likeness (QED) is 0.629. The van der Waals surface area contributed by atoms with Crippen molar-refractivity contribution in [3.8, 4) is 0 Å². The number of quaternary nitrogens is 1. The second-order valence-corrected chi connectivity index (χ2v) is 6.73. The first-order chi connectivity index (χ1) is 12.0. The van der Waals surface area contributed by atoms with Gasteiger partial charge in [0.05, 0.1) is 17.2 Å². The molecule has 0 radical (unpaired) electrons. The molecule has 1 aromatic carbocycles. The molecule has 0 saturated carbocycles. The van der Waals surface area contributed by atoms with Gasteiger partial charge in [0.2, 0.25) is 0 Å². The maximum atomic E-state index is 12.5. The van der Waals surface area contributed by atoms with Gasteiger partial charge in [0.15, 0.2) is 6.54 Å². The largest absolute Gasteiger partial charge is 0.350 e. The van der Waals surface area contributed by atoms with E-state index in [4.69, 9.17) is 11.6 Å². The molecule has 3 rings (SSSR count). The number of halogens is 1. The maximum Gasteiger partial charge on any atom is 0.292 e. The summed E-state index contributed by atoms with van der Waals surface area (Å²) in [5.74, 6) is -0.249. The van der Waals surface area contributed by atoms with Crippen LogP contribution in [0.4, 0.5) is 11.4 Å². The van der Waals surface area contributed by atoms with Crippen molar-refractivity contribution >= 4 is 28.9 Å². The predicted molar refractivity (Wildman–Crippen MR) is 94.8 cm³/mol. The minimum Gasteiger partial charge on any atom is -0.350 e. The molecule has 1 aromatic heterocycles. The van der Waals surface area contributed by atoms with E-state index in [0.29, 0.717) is 5.02 Å². The molecule has 2 atom stereocenters.